The number of aromatic nitrogens is 4. The number of anilines is 1. The Morgan fingerprint density at radius 2 is 2.05 bits per heavy atom. The van der Waals surface area contributed by atoms with Gasteiger partial charge in [-0.1, -0.05) is 0 Å². The fourth-order valence-corrected chi connectivity index (χ4v) is 2.95. The summed E-state index contributed by atoms with van der Waals surface area (Å²) >= 11 is 0. The second kappa shape index (κ2) is 5.81. The van der Waals surface area contributed by atoms with Gasteiger partial charge in [0.25, 0.3) is 0 Å². The summed E-state index contributed by atoms with van der Waals surface area (Å²) in [6.45, 7) is 5.08. The molecule has 1 unspecified atom stereocenters. The SMILES string of the molecule is Cc1cc(C)nc(N2CCCC2c2cc(CCO)[nH]n2)n1. The molecule has 0 radical (unpaired) electrons. The van der Waals surface area contributed by atoms with E-state index < -0.39 is 0 Å². The Balaban J connectivity index is 1.87. The lowest BCUT2D eigenvalue weighted by Gasteiger charge is -2.23. The van der Waals surface area contributed by atoms with E-state index in [1.54, 1.807) is 0 Å². The molecule has 0 amide bonds. The maximum absolute atomic E-state index is 9.01. The third kappa shape index (κ3) is 2.90. The number of H-pyrrole nitrogens is 1. The second-order valence-corrected chi connectivity index (χ2v) is 5.59. The van der Waals surface area contributed by atoms with Crippen LogP contribution in [0.15, 0.2) is 12.1 Å². The zero-order valence-corrected chi connectivity index (χ0v) is 12.5. The van der Waals surface area contributed by atoms with Crippen molar-refractivity contribution in [2.75, 3.05) is 18.1 Å². The first-order valence-corrected chi connectivity index (χ1v) is 7.41. The second-order valence-electron chi connectivity index (χ2n) is 5.59. The molecule has 3 rings (SSSR count). The van der Waals surface area contributed by atoms with Crippen LogP contribution in [-0.4, -0.2) is 38.4 Å². The number of hydrogen-bond acceptors (Lipinski definition) is 5. The van der Waals surface area contributed by atoms with Crippen molar-refractivity contribution in [2.24, 2.45) is 0 Å². The highest BCUT2D eigenvalue weighted by Crippen LogP contribution is 2.33. The Bertz CT molecular complexity index is 604. The molecule has 0 bridgehead atoms. The smallest absolute Gasteiger partial charge is 0.226 e. The number of aromatic amines is 1. The molecule has 1 aliphatic heterocycles. The van der Waals surface area contributed by atoms with E-state index in [9.17, 15) is 0 Å². The average Bonchev–Trinajstić information content (AvgIpc) is 3.05. The van der Waals surface area contributed by atoms with E-state index in [0.717, 1.165) is 48.1 Å². The standard InChI is InChI=1S/C15H21N5O/c1-10-8-11(2)17-15(16-10)20-6-3-4-14(20)13-9-12(5-7-21)18-19-13/h8-9,14,21H,3-7H2,1-2H3,(H,18,19). The number of rotatable bonds is 4. The normalized spacial score (nSPS) is 18.4. The first-order valence-electron chi connectivity index (χ1n) is 7.41. The van der Waals surface area contributed by atoms with Gasteiger partial charge < -0.3 is 10.0 Å². The Labute approximate surface area is 124 Å². The summed E-state index contributed by atoms with van der Waals surface area (Å²) in [5.74, 6) is 0.793. The van der Waals surface area contributed by atoms with Gasteiger partial charge in [-0.25, -0.2) is 9.97 Å². The molecule has 1 aliphatic rings. The summed E-state index contributed by atoms with van der Waals surface area (Å²) < 4.78 is 0. The molecule has 0 spiro atoms. The minimum atomic E-state index is 0.135. The number of nitrogens with zero attached hydrogens (tertiary/aromatic N) is 4. The van der Waals surface area contributed by atoms with E-state index in [1.165, 1.54) is 0 Å². The van der Waals surface area contributed by atoms with Crippen LogP contribution in [0.25, 0.3) is 0 Å². The molecule has 2 N–H and O–H groups in total. The summed E-state index contributed by atoms with van der Waals surface area (Å²) in [4.78, 5) is 11.4. The highest BCUT2D eigenvalue weighted by Gasteiger charge is 2.30. The Morgan fingerprint density at radius 3 is 2.76 bits per heavy atom. The molecule has 3 heterocycles. The van der Waals surface area contributed by atoms with Crippen molar-refractivity contribution in [3.63, 3.8) is 0 Å². The number of aliphatic hydroxyl groups excluding tert-OH is 1. The lowest BCUT2D eigenvalue weighted by atomic mass is 10.1. The number of nitrogens with one attached hydrogen (secondary N) is 1. The van der Waals surface area contributed by atoms with Crippen molar-refractivity contribution < 1.29 is 5.11 Å². The summed E-state index contributed by atoms with van der Waals surface area (Å²) in [6, 6.07) is 4.25. The highest BCUT2D eigenvalue weighted by atomic mass is 16.3. The van der Waals surface area contributed by atoms with E-state index in [4.69, 9.17) is 5.11 Å². The third-order valence-electron chi connectivity index (χ3n) is 3.85. The van der Waals surface area contributed by atoms with Crippen LogP contribution < -0.4 is 4.90 Å². The maximum atomic E-state index is 9.01. The van der Waals surface area contributed by atoms with Crippen molar-refractivity contribution in [3.05, 3.63) is 34.9 Å². The molecule has 1 fully saturated rings. The molecule has 21 heavy (non-hydrogen) atoms. The van der Waals surface area contributed by atoms with Crippen molar-refractivity contribution in [1.82, 2.24) is 20.2 Å². The first-order chi connectivity index (χ1) is 10.2. The molecule has 0 aromatic carbocycles. The molecular weight excluding hydrogens is 266 g/mol. The number of aliphatic hydroxyl groups is 1. The molecule has 112 valence electrons. The van der Waals surface area contributed by atoms with Crippen LogP contribution in [0, 0.1) is 13.8 Å². The van der Waals surface area contributed by atoms with Gasteiger partial charge in [0.15, 0.2) is 0 Å². The molecule has 6 heteroatoms. The molecule has 1 saturated heterocycles. The lowest BCUT2D eigenvalue weighted by molar-refractivity contribution is 0.298. The van der Waals surface area contributed by atoms with Gasteiger partial charge in [0.2, 0.25) is 5.95 Å². The monoisotopic (exact) mass is 287 g/mol. The fourth-order valence-electron chi connectivity index (χ4n) is 2.95. The van der Waals surface area contributed by atoms with Gasteiger partial charge in [-0.2, -0.15) is 5.10 Å². The molecule has 0 aliphatic carbocycles. The largest absolute Gasteiger partial charge is 0.396 e. The van der Waals surface area contributed by atoms with Gasteiger partial charge in [-0.3, -0.25) is 5.10 Å². The fraction of sp³-hybridized carbons (Fsp3) is 0.533. The zero-order chi connectivity index (χ0) is 14.8. The predicted molar refractivity (Wildman–Crippen MR) is 80.2 cm³/mol. The summed E-state index contributed by atoms with van der Waals surface area (Å²) in [7, 11) is 0. The van der Waals surface area contributed by atoms with Crippen molar-refractivity contribution in [1.29, 1.82) is 0 Å². The summed E-state index contributed by atoms with van der Waals surface area (Å²) in [5, 5.41) is 16.4. The van der Waals surface area contributed by atoms with Gasteiger partial charge in [0, 0.05) is 36.7 Å². The van der Waals surface area contributed by atoms with E-state index >= 15 is 0 Å². The molecule has 2 aromatic rings. The van der Waals surface area contributed by atoms with Crippen molar-refractivity contribution in [3.8, 4) is 0 Å². The van der Waals surface area contributed by atoms with Crippen LogP contribution >= 0.6 is 0 Å². The lowest BCUT2D eigenvalue weighted by Crippen LogP contribution is -2.25. The quantitative estimate of drug-likeness (QED) is 0.895. The van der Waals surface area contributed by atoms with Crippen LogP contribution in [0.5, 0.6) is 0 Å². The molecule has 1 atom stereocenters. The molecule has 6 nitrogen and oxygen atoms in total. The molecular formula is C15H21N5O. The Morgan fingerprint density at radius 1 is 1.29 bits per heavy atom. The Hall–Kier alpha value is -1.95. The van der Waals surface area contributed by atoms with Crippen molar-refractivity contribution >= 4 is 5.95 Å². The van der Waals surface area contributed by atoms with E-state index in [2.05, 4.69) is 25.1 Å². The van der Waals surface area contributed by atoms with Gasteiger partial charge in [-0.15, -0.1) is 0 Å². The summed E-state index contributed by atoms with van der Waals surface area (Å²) in [5.41, 5.74) is 3.97. The topological polar surface area (TPSA) is 77.9 Å². The number of hydrogen-bond donors (Lipinski definition) is 2. The van der Waals surface area contributed by atoms with Gasteiger partial charge in [0.05, 0.1) is 11.7 Å². The maximum Gasteiger partial charge on any atom is 0.226 e. The van der Waals surface area contributed by atoms with Crippen LogP contribution in [0.4, 0.5) is 5.95 Å². The predicted octanol–water partition coefficient (Wildman–Crippen LogP) is 1.69. The minimum Gasteiger partial charge on any atom is -0.396 e. The zero-order valence-electron chi connectivity index (χ0n) is 12.5. The number of aryl methyl sites for hydroxylation is 2. The highest BCUT2D eigenvalue weighted by molar-refractivity contribution is 5.38. The van der Waals surface area contributed by atoms with Crippen LogP contribution in [0.1, 0.15) is 41.7 Å². The third-order valence-corrected chi connectivity index (χ3v) is 3.85. The summed E-state index contributed by atoms with van der Waals surface area (Å²) in [6.07, 6.45) is 2.78. The van der Waals surface area contributed by atoms with Crippen molar-refractivity contribution in [2.45, 2.75) is 39.2 Å². The van der Waals surface area contributed by atoms with Gasteiger partial charge in [0.1, 0.15) is 0 Å². The first kappa shape index (κ1) is 14.0. The van der Waals surface area contributed by atoms with E-state index in [1.807, 2.05) is 26.0 Å². The van der Waals surface area contributed by atoms with Gasteiger partial charge >= 0.3 is 0 Å². The minimum absolute atomic E-state index is 0.135. The van der Waals surface area contributed by atoms with Crippen LogP contribution in [0.3, 0.4) is 0 Å². The van der Waals surface area contributed by atoms with Gasteiger partial charge in [-0.05, 0) is 38.8 Å². The van der Waals surface area contributed by atoms with Crippen LogP contribution in [-0.2, 0) is 6.42 Å². The Kier molecular flexibility index (Phi) is 3.88. The average molecular weight is 287 g/mol. The van der Waals surface area contributed by atoms with E-state index in [-0.39, 0.29) is 12.6 Å². The molecule has 2 aromatic heterocycles. The molecule has 0 saturated carbocycles. The van der Waals surface area contributed by atoms with E-state index in [0.29, 0.717) is 6.42 Å². The van der Waals surface area contributed by atoms with Crippen LogP contribution in [0.2, 0.25) is 0 Å².